The summed E-state index contributed by atoms with van der Waals surface area (Å²) < 4.78 is 24.4. The average Bonchev–Trinajstić information content (AvgIpc) is 3.29. The minimum absolute atomic E-state index is 0.0617. The Labute approximate surface area is 194 Å². The van der Waals surface area contributed by atoms with Gasteiger partial charge in [0.05, 0.1) is 25.0 Å². The number of halogens is 2. The van der Waals surface area contributed by atoms with Crippen molar-refractivity contribution in [1.82, 2.24) is 20.4 Å². The fraction of sp³-hybridized carbons (Fsp3) is 0.318. The second-order valence-corrected chi connectivity index (χ2v) is 8.55. The van der Waals surface area contributed by atoms with E-state index in [2.05, 4.69) is 20.4 Å². The van der Waals surface area contributed by atoms with Crippen LogP contribution in [0.3, 0.4) is 0 Å². The lowest BCUT2D eigenvalue weighted by atomic mass is 10.0. The maximum Gasteiger partial charge on any atom is 0.277 e. The fourth-order valence-electron chi connectivity index (χ4n) is 3.40. The van der Waals surface area contributed by atoms with E-state index >= 15 is 0 Å². The van der Waals surface area contributed by atoms with Gasteiger partial charge < -0.3 is 14.5 Å². The number of nitrogens with one attached hydrogen (secondary N) is 1. The normalized spacial score (nSPS) is 15.4. The van der Waals surface area contributed by atoms with E-state index in [0.29, 0.717) is 35.9 Å². The van der Waals surface area contributed by atoms with E-state index in [0.717, 1.165) is 24.2 Å². The van der Waals surface area contributed by atoms with Crippen LogP contribution in [0.1, 0.15) is 11.6 Å². The van der Waals surface area contributed by atoms with Crippen molar-refractivity contribution in [3.8, 4) is 11.5 Å². The van der Waals surface area contributed by atoms with E-state index in [1.165, 1.54) is 23.9 Å². The standard InChI is InChI=1S/C22H22ClFN4O3S/c23-17-5-1-16(2-6-17)21-26-27-22(31-21)32-14-20(29)25-13-19(28-9-11-30-12-10-28)15-3-7-18(24)8-4-15/h1-8,19H,9-14H2,(H,25,29)/t19-/m0/s1. The van der Waals surface area contributed by atoms with Crippen molar-refractivity contribution in [1.29, 1.82) is 0 Å². The highest BCUT2D eigenvalue weighted by atomic mass is 35.5. The van der Waals surface area contributed by atoms with Crippen LogP contribution in [-0.2, 0) is 9.53 Å². The number of aromatic nitrogens is 2. The van der Waals surface area contributed by atoms with Gasteiger partial charge in [-0.2, -0.15) is 0 Å². The lowest BCUT2D eigenvalue weighted by molar-refractivity contribution is -0.118. The molecule has 1 N–H and O–H groups in total. The van der Waals surface area contributed by atoms with Crippen LogP contribution in [0.2, 0.25) is 5.02 Å². The quantitative estimate of drug-likeness (QED) is 0.495. The summed E-state index contributed by atoms with van der Waals surface area (Å²) in [6, 6.07) is 13.4. The number of thioether (sulfide) groups is 1. The predicted molar refractivity (Wildman–Crippen MR) is 120 cm³/mol. The Hall–Kier alpha value is -2.46. The molecule has 1 aliphatic heterocycles. The maximum absolute atomic E-state index is 13.4. The minimum atomic E-state index is -0.285. The Morgan fingerprint density at radius 3 is 2.56 bits per heavy atom. The molecular weight excluding hydrogens is 455 g/mol. The van der Waals surface area contributed by atoms with E-state index in [4.69, 9.17) is 20.8 Å². The van der Waals surface area contributed by atoms with Crippen LogP contribution >= 0.6 is 23.4 Å². The van der Waals surface area contributed by atoms with Crippen LogP contribution in [-0.4, -0.2) is 59.6 Å². The van der Waals surface area contributed by atoms with Gasteiger partial charge >= 0.3 is 0 Å². The smallest absolute Gasteiger partial charge is 0.277 e. The molecule has 1 amide bonds. The van der Waals surface area contributed by atoms with Crippen LogP contribution in [0.15, 0.2) is 58.2 Å². The van der Waals surface area contributed by atoms with E-state index in [1.807, 2.05) is 0 Å². The molecular formula is C22H22ClFN4O3S. The fourth-order valence-corrected chi connectivity index (χ4v) is 4.12. The van der Waals surface area contributed by atoms with Gasteiger partial charge in [0.1, 0.15) is 5.82 Å². The molecule has 1 fully saturated rings. The van der Waals surface area contributed by atoms with E-state index in [9.17, 15) is 9.18 Å². The molecule has 10 heteroatoms. The van der Waals surface area contributed by atoms with Gasteiger partial charge in [0.25, 0.3) is 5.22 Å². The van der Waals surface area contributed by atoms with Crippen molar-refractivity contribution in [3.63, 3.8) is 0 Å². The monoisotopic (exact) mass is 476 g/mol. The number of rotatable bonds is 8. The zero-order valence-electron chi connectivity index (χ0n) is 17.2. The number of hydrogen-bond acceptors (Lipinski definition) is 7. The third kappa shape index (κ3) is 6.07. The summed E-state index contributed by atoms with van der Waals surface area (Å²) >= 11 is 7.07. The largest absolute Gasteiger partial charge is 0.411 e. The summed E-state index contributed by atoms with van der Waals surface area (Å²) in [5, 5.41) is 11.9. The molecule has 0 spiro atoms. The van der Waals surface area contributed by atoms with Gasteiger partial charge in [0.15, 0.2) is 0 Å². The Morgan fingerprint density at radius 2 is 1.84 bits per heavy atom. The topological polar surface area (TPSA) is 80.5 Å². The number of amides is 1. The van der Waals surface area contributed by atoms with Crippen molar-refractivity contribution in [2.24, 2.45) is 0 Å². The first-order chi connectivity index (χ1) is 15.6. The van der Waals surface area contributed by atoms with Crippen molar-refractivity contribution in [2.45, 2.75) is 11.3 Å². The highest BCUT2D eigenvalue weighted by Crippen LogP contribution is 2.25. The maximum atomic E-state index is 13.4. The zero-order chi connectivity index (χ0) is 22.3. The predicted octanol–water partition coefficient (Wildman–Crippen LogP) is 3.81. The molecule has 0 bridgehead atoms. The highest BCUT2D eigenvalue weighted by molar-refractivity contribution is 7.99. The van der Waals surface area contributed by atoms with Gasteiger partial charge in [0, 0.05) is 30.2 Å². The average molecular weight is 477 g/mol. The highest BCUT2D eigenvalue weighted by Gasteiger charge is 2.23. The summed E-state index contributed by atoms with van der Waals surface area (Å²) in [5.41, 5.74) is 1.71. The Kier molecular flexibility index (Phi) is 7.75. The number of ether oxygens (including phenoxy) is 1. The van der Waals surface area contributed by atoms with Crippen LogP contribution in [0, 0.1) is 5.82 Å². The number of carbonyl (C=O) groups excluding carboxylic acids is 1. The van der Waals surface area contributed by atoms with Gasteiger partial charge in [-0.25, -0.2) is 4.39 Å². The summed E-state index contributed by atoms with van der Waals surface area (Å²) in [6.07, 6.45) is 0. The molecule has 3 aromatic rings. The van der Waals surface area contributed by atoms with Gasteiger partial charge in [-0.05, 0) is 42.0 Å². The molecule has 32 heavy (non-hydrogen) atoms. The second-order valence-electron chi connectivity index (χ2n) is 7.19. The lowest BCUT2D eigenvalue weighted by Crippen LogP contribution is -2.44. The van der Waals surface area contributed by atoms with Crippen LogP contribution in [0.25, 0.3) is 11.5 Å². The SMILES string of the molecule is O=C(CSc1nnc(-c2ccc(Cl)cc2)o1)NC[C@@H](c1ccc(F)cc1)N1CCOCC1. The van der Waals surface area contributed by atoms with Gasteiger partial charge in [-0.1, -0.05) is 35.5 Å². The molecule has 1 aliphatic rings. The summed E-state index contributed by atoms with van der Waals surface area (Å²) in [5.74, 6) is 0.0731. The third-order valence-corrected chi connectivity index (χ3v) is 6.13. The molecule has 4 rings (SSSR count). The van der Waals surface area contributed by atoms with Crippen molar-refractivity contribution < 1.29 is 18.3 Å². The summed E-state index contributed by atoms with van der Waals surface area (Å²) in [6.45, 7) is 3.18. The molecule has 0 saturated carbocycles. The number of nitrogens with zero attached hydrogens (tertiary/aromatic N) is 3. The zero-order valence-corrected chi connectivity index (χ0v) is 18.7. The number of benzene rings is 2. The van der Waals surface area contributed by atoms with E-state index in [-0.39, 0.29) is 23.5 Å². The van der Waals surface area contributed by atoms with E-state index in [1.54, 1.807) is 36.4 Å². The molecule has 1 aromatic heterocycles. The van der Waals surface area contributed by atoms with Crippen LogP contribution < -0.4 is 5.32 Å². The van der Waals surface area contributed by atoms with Crippen molar-refractivity contribution >= 4 is 29.3 Å². The Bertz CT molecular complexity index is 1030. The number of morpholine rings is 1. The summed E-state index contributed by atoms with van der Waals surface area (Å²) in [7, 11) is 0. The van der Waals surface area contributed by atoms with Crippen molar-refractivity contribution in [3.05, 3.63) is 64.9 Å². The van der Waals surface area contributed by atoms with Gasteiger partial charge in [0.2, 0.25) is 11.8 Å². The number of hydrogen-bond donors (Lipinski definition) is 1. The van der Waals surface area contributed by atoms with Crippen LogP contribution in [0.5, 0.6) is 0 Å². The molecule has 168 valence electrons. The van der Waals surface area contributed by atoms with Gasteiger partial charge in [-0.3, -0.25) is 9.69 Å². The van der Waals surface area contributed by atoms with Gasteiger partial charge in [-0.15, -0.1) is 10.2 Å². The first-order valence-corrected chi connectivity index (χ1v) is 11.5. The molecule has 2 heterocycles. The lowest BCUT2D eigenvalue weighted by Gasteiger charge is -2.35. The number of carbonyl (C=O) groups is 1. The molecule has 1 atom stereocenters. The first-order valence-electron chi connectivity index (χ1n) is 10.1. The molecule has 0 aliphatic carbocycles. The Balaban J connectivity index is 1.32. The summed E-state index contributed by atoms with van der Waals surface area (Å²) in [4.78, 5) is 14.7. The van der Waals surface area contributed by atoms with Crippen molar-refractivity contribution in [2.75, 3.05) is 38.6 Å². The minimum Gasteiger partial charge on any atom is -0.411 e. The molecule has 0 radical (unpaired) electrons. The molecule has 2 aromatic carbocycles. The molecule has 1 saturated heterocycles. The third-order valence-electron chi connectivity index (χ3n) is 5.06. The first kappa shape index (κ1) is 22.7. The van der Waals surface area contributed by atoms with E-state index < -0.39 is 0 Å². The Morgan fingerprint density at radius 1 is 1.12 bits per heavy atom. The molecule has 7 nitrogen and oxygen atoms in total. The molecule has 0 unspecified atom stereocenters. The van der Waals surface area contributed by atoms with Crippen LogP contribution in [0.4, 0.5) is 4.39 Å². The second kappa shape index (κ2) is 10.9.